The lowest BCUT2D eigenvalue weighted by Crippen LogP contribution is -2.19. The van der Waals surface area contributed by atoms with E-state index in [1.165, 1.54) is 0 Å². The van der Waals surface area contributed by atoms with Crippen molar-refractivity contribution >= 4 is 45.0 Å². The van der Waals surface area contributed by atoms with Gasteiger partial charge in [-0.25, -0.2) is 0 Å². The van der Waals surface area contributed by atoms with Crippen LogP contribution in [0.3, 0.4) is 0 Å². The van der Waals surface area contributed by atoms with Crippen LogP contribution in [0.5, 0.6) is 0 Å². The Morgan fingerprint density at radius 1 is 1.24 bits per heavy atom. The fourth-order valence-corrected chi connectivity index (χ4v) is 2.60. The van der Waals surface area contributed by atoms with Gasteiger partial charge in [-0.05, 0) is 46.3 Å². The van der Waals surface area contributed by atoms with Gasteiger partial charge in [-0.1, -0.05) is 28.9 Å². The molecule has 0 fully saturated rings. The number of nitrogens with zero attached hydrogens (tertiary/aromatic N) is 1. The van der Waals surface area contributed by atoms with E-state index in [1.54, 1.807) is 42.5 Å². The molecule has 2 rings (SSSR count). The maximum absolute atomic E-state index is 12.3. The lowest BCUT2D eigenvalue weighted by Gasteiger charge is -2.11. The number of anilines is 1. The van der Waals surface area contributed by atoms with E-state index in [2.05, 4.69) is 26.4 Å². The molecule has 2 aromatic rings. The Kier molecular flexibility index (Phi) is 4.82. The van der Waals surface area contributed by atoms with Crippen LogP contribution in [-0.2, 0) is 0 Å². The van der Waals surface area contributed by atoms with E-state index in [4.69, 9.17) is 22.5 Å². The van der Waals surface area contributed by atoms with Crippen molar-refractivity contribution in [3.05, 3.63) is 63.1 Å². The smallest absolute Gasteiger partial charge is 0.256 e. The Hall–Kier alpha value is -2.05. The van der Waals surface area contributed by atoms with Crippen molar-refractivity contribution in [2.75, 3.05) is 5.32 Å². The Morgan fingerprint density at radius 2 is 1.95 bits per heavy atom. The van der Waals surface area contributed by atoms with Crippen LogP contribution in [0.25, 0.3) is 0 Å². The van der Waals surface area contributed by atoms with E-state index in [1.807, 2.05) is 0 Å². The van der Waals surface area contributed by atoms with Crippen LogP contribution in [0, 0.1) is 0 Å². The van der Waals surface area contributed by atoms with E-state index in [-0.39, 0.29) is 11.7 Å². The number of carbonyl (C=O) groups excluding carboxylic acids is 1. The van der Waals surface area contributed by atoms with Gasteiger partial charge in [0, 0.05) is 15.1 Å². The first kappa shape index (κ1) is 15.3. The summed E-state index contributed by atoms with van der Waals surface area (Å²) < 4.78 is 0.578. The van der Waals surface area contributed by atoms with Gasteiger partial charge in [0.25, 0.3) is 5.91 Å². The molecule has 0 aliphatic heterocycles. The number of carbonyl (C=O) groups is 1. The molecule has 1 amide bonds. The highest BCUT2D eigenvalue weighted by molar-refractivity contribution is 9.10. The lowest BCUT2D eigenvalue weighted by molar-refractivity contribution is 0.102. The molecule has 0 unspecified atom stereocenters. The van der Waals surface area contributed by atoms with Crippen LogP contribution >= 0.6 is 27.5 Å². The van der Waals surface area contributed by atoms with E-state index in [0.29, 0.717) is 26.3 Å². The molecule has 0 saturated heterocycles. The summed E-state index contributed by atoms with van der Waals surface area (Å²) in [6, 6.07) is 11.6. The molecular weight excluding hydrogens is 358 g/mol. The first-order valence-corrected chi connectivity index (χ1v) is 7.03. The van der Waals surface area contributed by atoms with E-state index >= 15 is 0 Å². The number of benzene rings is 2. The average molecular weight is 369 g/mol. The second kappa shape index (κ2) is 6.60. The van der Waals surface area contributed by atoms with Crippen molar-refractivity contribution in [3.8, 4) is 0 Å². The highest BCUT2D eigenvalue weighted by Crippen LogP contribution is 2.23. The molecule has 0 heterocycles. The number of rotatable bonds is 3. The fourth-order valence-electron chi connectivity index (χ4n) is 1.73. The molecular formula is C14H11BrClN3O2. The SMILES string of the molecule is N/C(=N/O)c1ccccc1NC(=O)c1ccc(Cl)cc1Br. The number of hydrogen-bond acceptors (Lipinski definition) is 3. The van der Waals surface area contributed by atoms with Crippen molar-refractivity contribution in [3.63, 3.8) is 0 Å². The van der Waals surface area contributed by atoms with Crippen LogP contribution in [0.1, 0.15) is 15.9 Å². The van der Waals surface area contributed by atoms with Gasteiger partial charge < -0.3 is 16.3 Å². The minimum absolute atomic E-state index is 0.0823. The van der Waals surface area contributed by atoms with Crippen LogP contribution in [-0.4, -0.2) is 17.0 Å². The first-order chi connectivity index (χ1) is 10.0. The molecule has 21 heavy (non-hydrogen) atoms. The van der Waals surface area contributed by atoms with Gasteiger partial charge in [-0.15, -0.1) is 0 Å². The van der Waals surface area contributed by atoms with E-state index in [0.717, 1.165) is 0 Å². The predicted molar refractivity (Wildman–Crippen MR) is 86.1 cm³/mol. The molecule has 4 N–H and O–H groups in total. The van der Waals surface area contributed by atoms with Gasteiger partial charge in [-0.3, -0.25) is 4.79 Å². The fraction of sp³-hybridized carbons (Fsp3) is 0. The summed E-state index contributed by atoms with van der Waals surface area (Å²) in [7, 11) is 0. The van der Waals surface area contributed by atoms with Gasteiger partial charge in [0.1, 0.15) is 0 Å². The summed E-state index contributed by atoms with van der Waals surface area (Å²) in [4.78, 5) is 12.3. The zero-order chi connectivity index (χ0) is 15.4. The predicted octanol–water partition coefficient (Wildman–Crippen LogP) is 3.45. The van der Waals surface area contributed by atoms with Crippen LogP contribution in [0.15, 0.2) is 52.1 Å². The maximum Gasteiger partial charge on any atom is 0.256 e. The Morgan fingerprint density at radius 3 is 2.62 bits per heavy atom. The summed E-state index contributed by atoms with van der Waals surface area (Å²) in [6.07, 6.45) is 0. The average Bonchev–Trinajstić information content (AvgIpc) is 2.46. The summed E-state index contributed by atoms with van der Waals surface area (Å²) in [6.45, 7) is 0. The van der Waals surface area contributed by atoms with Crippen molar-refractivity contribution in [1.82, 2.24) is 0 Å². The molecule has 2 aromatic carbocycles. The molecule has 0 aliphatic rings. The summed E-state index contributed by atoms with van der Waals surface area (Å²) in [5.74, 6) is -0.419. The van der Waals surface area contributed by atoms with E-state index in [9.17, 15) is 4.79 Å². The van der Waals surface area contributed by atoms with Gasteiger partial charge >= 0.3 is 0 Å². The molecule has 7 heteroatoms. The van der Waals surface area contributed by atoms with Gasteiger partial charge in [0.05, 0.1) is 11.3 Å². The van der Waals surface area contributed by atoms with Crippen molar-refractivity contribution < 1.29 is 10.0 Å². The third-order valence-corrected chi connectivity index (χ3v) is 3.63. The number of amides is 1. The maximum atomic E-state index is 12.3. The molecule has 5 nitrogen and oxygen atoms in total. The van der Waals surface area contributed by atoms with Crippen molar-refractivity contribution in [1.29, 1.82) is 0 Å². The topological polar surface area (TPSA) is 87.7 Å². The third kappa shape index (κ3) is 3.53. The zero-order valence-electron chi connectivity index (χ0n) is 10.7. The Bertz CT molecular complexity index is 719. The van der Waals surface area contributed by atoms with Crippen LogP contribution < -0.4 is 11.1 Å². The summed E-state index contributed by atoms with van der Waals surface area (Å²) in [5.41, 5.74) is 6.88. The number of nitrogens with two attached hydrogens (primary N) is 1. The molecule has 0 aromatic heterocycles. The first-order valence-electron chi connectivity index (χ1n) is 5.86. The van der Waals surface area contributed by atoms with Gasteiger partial charge in [0.15, 0.2) is 5.84 Å². The van der Waals surface area contributed by atoms with E-state index < -0.39 is 0 Å². The number of nitrogens with one attached hydrogen (secondary N) is 1. The summed E-state index contributed by atoms with van der Waals surface area (Å²) in [5, 5.41) is 15.0. The molecule has 0 aliphatic carbocycles. The number of oxime groups is 1. The van der Waals surface area contributed by atoms with Crippen molar-refractivity contribution in [2.24, 2.45) is 10.9 Å². The quantitative estimate of drug-likeness (QED) is 0.335. The van der Waals surface area contributed by atoms with Gasteiger partial charge in [0.2, 0.25) is 0 Å². The normalized spacial score (nSPS) is 11.2. The summed E-state index contributed by atoms with van der Waals surface area (Å²) >= 11 is 9.13. The number of para-hydroxylation sites is 1. The monoisotopic (exact) mass is 367 g/mol. The minimum Gasteiger partial charge on any atom is -0.409 e. The molecule has 0 radical (unpaired) electrons. The van der Waals surface area contributed by atoms with Gasteiger partial charge in [-0.2, -0.15) is 0 Å². The Labute approximate surface area is 134 Å². The molecule has 0 saturated carbocycles. The molecule has 0 bridgehead atoms. The minimum atomic E-state index is -0.336. The van der Waals surface area contributed by atoms with Crippen LogP contribution in [0.2, 0.25) is 5.02 Å². The standard InChI is InChI=1S/C14H11BrClN3O2/c15-11-7-8(16)5-6-9(11)14(20)18-12-4-2-1-3-10(12)13(17)19-21/h1-7,21H,(H2,17,19)(H,18,20). The highest BCUT2D eigenvalue weighted by Gasteiger charge is 2.13. The molecule has 0 spiro atoms. The zero-order valence-corrected chi connectivity index (χ0v) is 13.0. The largest absolute Gasteiger partial charge is 0.409 e. The molecule has 0 atom stereocenters. The van der Waals surface area contributed by atoms with Crippen LogP contribution in [0.4, 0.5) is 5.69 Å². The highest BCUT2D eigenvalue weighted by atomic mass is 79.9. The second-order valence-electron chi connectivity index (χ2n) is 4.11. The second-order valence-corrected chi connectivity index (χ2v) is 5.40. The lowest BCUT2D eigenvalue weighted by atomic mass is 10.1. The number of hydrogen-bond donors (Lipinski definition) is 3. The Balaban J connectivity index is 2.32. The molecule has 108 valence electrons. The number of halogens is 2. The number of amidine groups is 1. The van der Waals surface area contributed by atoms with Crippen molar-refractivity contribution in [2.45, 2.75) is 0 Å². The third-order valence-electron chi connectivity index (χ3n) is 2.73.